The van der Waals surface area contributed by atoms with Gasteiger partial charge in [0, 0.05) is 12.2 Å². The Balaban J connectivity index is 1.70. The number of esters is 1. The Kier molecular flexibility index (Phi) is 6.42. The summed E-state index contributed by atoms with van der Waals surface area (Å²) in [5.74, 6) is -1.18. The number of hydrogen-bond donors (Lipinski definition) is 1. The molecule has 0 bridgehead atoms. The van der Waals surface area contributed by atoms with Crippen molar-refractivity contribution in [1.82, 2.24) is 20.1 Å². The summed E-state index contributed by atoms with van der Waals surface area (Å²) in [4.78, 5) is 28.3. The first-order valence-corrected chi connectivity index (χ1v) is 9.71. The fourth-order valence-electron chi connectivity index (χ4n) is 3.67. The van der Waals surface area contributed by atoms with Crippen LogP contribution >= 0.6 is 0 Å². The number of rotatable bonds is 5. The Morgan fingerprint density at radius 2 is 2.03 bits per heavy atom. The molecule has 1 saturated carbocycles. The first kappa shape index (κ1) is 21.8. The third-order valence-electron chi connectivity index (χ3n) is 5.51. The number of nitrogens with zero attached hydrogens (tertiary/aromatic N) is 3. The number of alkyl halides is 3. The van der Waals surface area contributed by atoms with Crippen LogP contribution < -0.4 is 5.32 Å². The fourth-order valence-corrected chi connectivity index (χ4v) is 3.67. The topological polar surface area (TPSA) is 86.1 Å². The summed E-state index contributed by atoms with van der Waals surface area (Å²) >= 11 is 0. The summed E-state index contributed by atoms with van der Waals surface area (Å²) in [6.45, 7) is 3.49. The van der Waals surface area contributed by atoms with E-state index in [1.165, 1.54) is 18.3 Å². The second-order valence-corrected chi connectivity index (χ2v) is 7.52. The monoisotopic (exact) mass is 424 g/mol. The number of halogens is 3. The molecule has 2 aromatic rings. The van der Waals surface area contributed by atoms with Gasteiger partial charge in [0.25, 0.3) is 5.91 Å². The SMILES string of the molecule is C[C@@H]1[C@H](C)CCC[C@@H]1NC(=O)COC(=O)c1cnn(-c2ccccn2)c1C(F)(F)F. The maximum Gasteiger partial charge on any atom is 0.434 e. The van der Waals surface area contributed by atoms with E-state index in [0.717, 1.165) is 25.5 Å². The zero-order valence-electron chi connectivity index (χ0n) is 16.6. The molecule has 0 aromatic carbocycles. The van der Waals surface area contributed by atoms with Crippen LogP contribution in [0.4, 0.5) is 13.2 Å². The van der Waals surface area contributed by atoms with Crippen molar-refractivity contribution in [3.63, 3.8) is 0 Å². The molecular formula is C20H23F3N4O3. The van der Waals surface area contributed by atoms with Crippen LogP contribution in [0.1, 0.15) is 49.2 Å². The largest absolute Gasteiger partial charge is 0.452 e. The molecule has 0 radical (unpaired) electrons. The minimum atomic E-state index is -4.88. The Labute approximate surface area is 171 Å². The summed E-state index contributed by atoms with van der Waals surface area (Å²) < 4.78 is 46.2. The van der Waals surface area contributed by atoms with Crippen LogP contribution in [0, 0.1) is 11.8 Å². The van der Waals surface area contributed by atoms with E-state index in [-0.39, 0.29) is 17.8 Å². The lowest BCUT2D eigenvalue weighted by molar-refractivity contribution is -0.143. The first-order chi connectivity index (χ1) is 14.2. The highest BCUT2D eigenvalue weighted by molar-refractivity contribution is 5.92. The molecule has 1 aliphatic rings. The number of carbonyl (C=O) groups is 2. The molecule has 7 nitrogen and oxygen atoms in total. The summed E-state index contributed by atoms with van der Waals surface area (Å²) in [5.41, 5.74) is -2.08. The molecule has 10 heteroatoms. The Bertz CT molecular complexity index is 898. The van der Waals surface area contributed by atoms with Gasteiger partial charge in [-0.2, -0.15) is 18.3 Å². The number of nitrogens with one attached hydrogen (secondary N) is 1. The van der Waals surface area contributed by atoms with Gasteiger partial charge < -0.3 is 10.1 Å². The smallest absolute Gasteiger partial charge is 0.434 e. The van der Waals surface area contributed by atoms with Gasteiger partial charge in [-0.3, -0.25) is 4.79 Å². The van der Waals surface area contributed by atoms with E-state index in [1.807, 2.05) is 6.92 Å². The predicted octanol–water partition coefficient (Wildman–Crippen LogP) is 3.38. The van der Waals surface area contributed by atoms with E-state index >= 15 is 0 Å². The molecule has 0 unspecified atom stereocenters. The fraction of sp³-hybridized carbons (Fsp3) is 0.500. The van der Waals surface area contributed by atoms with E-state index in [9.17, 15) is 22.8 Å². The second-order valence-electron chi connectivity index (χ2n) is 7.52. The molecule has 162 valence electrons. The molecule has 1 amide bonds. The predicted molar refractivity (Wildman–Crippen MR) is 101 cm³/mol. The minimum absolute atomic E-state index is 0.0439. The van der Waals surface area contributed by atoms with Crippen LogP contribution in [0.15, 0.2) is 30.6 Å². The van der Waals surface area contributed by atoms with Crippen molar-refractivity contribution < 1.29 is 27.5 Å². The quantitative estimate of drug-likeness (QED) is 0.744. The molecule has 0 aliphatic heterocycles. The van der Waals surface area contributed by atoms with Crippen LogP contribution in [0.2, 0.25) is 0 Å². The van der Waals surface area contributed by atoms with Crippen LogP contribution in [0.3, 0.4) is 0 Å². The standard InChI is InChI=1S/C20H23F3N4O3/c1-12-6-5-7-15(13(12)2)26-17(28)11-30-19(29)14-10-25-27(18(14)20(21,22)23)16-8-3-4-9-24-16/h3-4,8-10,12-13,15H,5-7,11H2,1-2H3,(H,26,28)/t12-,13-,15+/m1/s1. The molecule has 2 aromatic heterocycles. The number of carbonyl (C=O) groups excluding carboxylic acids is 2. The molecule has 2 heterocycles. The van der Waals surface area contributed by atoms with Gasteiger partial charge in [0.2, 0.25) is 0 Å². The second kappa shape index (κ2) is 8.85. The lowest BCUT2D eigenvalue weighted by Gasteiger charge is -2.34. The Morgan fingerprint density at radius 3 is 2.70 bits per heavy atom. The molecule has 1 fully saturated rings. The maximum absolute atomic E-state index is 13.6. The van der Waals surface area contributed by atoms with E-state index < -0.39 is 35.9 Å². The number of ether oxygens (including phenoxy) is 1. The van der Waals surface area contributed by atoms with Gasteiger partial charge in [-0.05, 0) is 30.4 Å². The van der Waals surface area contributed by atoms with Crippen LogP contribution in [-0.4, -0.2) is 39.3 Å². The average Bonchev–Trinajstić information content (AvgIpc) is 3.16. The van der Waals surface area contributed by atoms with Crippen LogP contribution in [0.25, 0.3) is 5.82 Å². The van der Waals surface area contributed by atoms with Gasteiger partial charge in [0.1, 0.15) is 5.56 Å². The number of pyridine rings is 1. The highest BCUT2D eigenvalue weighted by Gasteiger charge is 2.41. The van der Waals surface area contributed by atoms with Gasteiger partial charge in [-0.25, -0.2) is 14.5 Å². The average molecular weight is 424 g/mol. The van der Waals surface area contributed by atoms with Gasteiger partial charge in [0.15, 0.2) is 18.1 Å². The molecule has 0 saturated heterocycles. The van der Waals surface area contributed by atoms with Crippen LogP contribution in [0.5, 0.6) is 0 Å². The summed E-state index contributed by atoms with van der Waals surface area (Å²) in [6, 6.07) is 4.33. The van der Waals surface area contributed by atoms with E-state index in [4.69, 9.17) is 4.74 Å². The zero-order valence-corrected chi connectivity index (χ0v) is 16.6. The van der Waals surface area contributed by atoms with E-state index in [0.29, 0.717) is 10.6 Å². The lowest BCUT2D eigenvalue weighted by Crippen LogP contribution is -2.45. The summed E-state index contributed by atoms with van der Waals surface area (Å²) in [7, 11) is 0. The Hall–Kier alpha value is -2.91. The van der Waals surface area contributed by atoms with Crippen molar-refractivity contribution >= 4 is 11.9 Å². The van der Waals surface area contributed by atoms with E-state index in [2.05, 4.69) is 22.3 Å². The van der Waals surface area contributed by atoms with E-state index in [1.54, 1.807) is 6.07 Å². The molecule has 3 rings (SSSR count). The van der Waals surface area contributed by atoms with Gasteiger partial charge >= 0.3 is 12.1 Å². The number of aromatic nitrogens is 3. The van der Waals surface area contributed by atoms with Crippen molar-refractivity contribution in [3.8, 4) is 5.82 Å². The van der Waals surface area contributed by atoms with Crippen molar-refractivity contribution in [2.24, 2.45) is 11.8 Å². The highest BCUT2D eigenvalue weighted by Crippen LogP contribution is 2.33. The molecular weight excluding hydrogens is 401 g/mol. The van der Waals surface area contributed by atoms with Crippen molar-refractivity contribution in [1.29, 1.82) is 0 Å². The zero-order chi connectivity index (χ0) is 21.9. The maximum atomic E-state index is 13.6. The third kappa shape index (κ3) is 4.80. The summed E-state index contributed by atoms with van der Waals surface area (Å²) in [6.07, 6.45) is 0.0920. The minimum Gasteiger partial charge on any atom is -0.452 e. The normalized spacial score (nSPS) is 21.8. The lowest BCUT2D eigenvalue weighted by atomic mass is 9.78. The van der Waals surface area contributed by atoms with Gasteiger partial charge in [0.05, 0.1) is 6.20 Å². The molecule has 1 aliphatic carbocycles. The van der Waals surface area contributed by atoms with Crippen molar-refractivity contribution in [3.05, 3.63) is 41.9 Å². The van der Waals surface area contributed by atoms with Crippen molar-refractivity contribution in [2.45, 2.75) is 45.3 Å². The molecule has 30 heavy (non-hydrogen) atoms. The summed E-state index contributed by atoms with van der Waals surface area (Å²) in [5, 5.41) is 6.46. The van der Waals surface area contributed by atoms with Crippen molar-refractivity contribution in [2.75, 3.05) is 6.61 Å². The number of hydrogen-bond acceptors (Lipinski definition) is 5. The molecule has 1 N–H and O–H groups in total. The van der Waals surface area contributed by atoms with Crippen LogP contribution in [-0.2, 0) is 15.7 Å². The molecule has 3 atom stereocenters. The third-order valence-corrected chi connectivity index (χ3v) is 5.51. The number of amides is 1. The van der Waals surface area contributed by atoms with Gasteiger partial charge in [-0.15, -0.1) is 0 Å². The Morgan fingerprint density at radius 1 is 1.27 bits per heavy atom. The first-order valence-electron chi connectivity index (χ1n) is 9.71. The molecule has 0 spiro atoms. The van der Waals surface area contributed by atoms with Gasteiger partial charge in [-0.1, -0.05) is 32.8 Å². The highest BCUT2D eigenvalue weighted by atomic mass is 19.4.